The number of ether oxygens (including phenoxy) is 1. The fraction of sp³-hybridized carbons (Fsp3) is 0.143. The Labute approximate surface area is 104 Å². The van der Waals surface area contributed by atoms with Gasteiger partial charge < -0.3 is 4.74 Å². The molecule has 0 amide bonds. The van der Waals surface area contributed by atoms with E-state index in [4.69, 9.17) is 4.74 Å². The van der Waals surface area contributed by atoms with Gasteiger partial charge in [-0.2, -0.15) is 0 Å². The summed E-state index contributed by atoms with van der Waals surface area (Å²) in [4.78, 5) is 15.5. The molecule has 4 heteroatoms. The molecule has 18 heavy (non-hydrogen) atoms. The SMILES string of the molecule is CCOC(=O)c1cc(-c2ccncc2)ccc1F. The number of pyridine rings is 1. The van der Waals surface area contributed by atoms with Crippen LogP contribution in [0.5, 0.6) is 0 Å². The summed E-state index contributed by atoms with van der Waals surface area (Å²) >= 11 is 0. The van der Waals surface area contributed by atoms with E-state index in [1.165, 1.54) is 12.1 Å². The van der Waals surface area contributed by atoms with Gasteiger partial charge in [-0.3, -0.25) is 4.98 Å². The van der Waals surface area contributed by atoms with E-state index in [9.17, 15) is 9.18 Å². The largest absolute Gasteiger partial charge is 0.462 e. The van der Waals surface area contributed by atoms with Gasteiger partial charge in [0.1, 0.15) is 5.82 Å². The quantitative estimate of drug-likeness (QED) is 0.780. The highest BCUT2D eigenvalue weighted by molar-refractivity contribution is 5.91. The van der Waals surface area contributed by atoms with Crippen LogP contribution in [0.25, 0.3) is 11.1 Å². The molecule has 1 aromatic carbocycles. The van der Waals surface area contributed by atoms with Gasteiger partial charge in [0.2, 0.25) is 0 Å². The lowest BCUT2D eigenvalue weighted by Gasteiger charge is -2.06. The Kier molecular flexibility index (Phi) is 3.67. The van der Waals surface area contributed by atoms with Gasteiger partial charge in [-0.15, -0.1) is 0 Å². The summed E-state index contributed by atoms with van der Waals surface area (Å²) in [5.41, 5.74) is 1.57. The van der Waals surface area contributed by atoms with E-state index in [2.05, 4.69) is 4.98 Å². The van der Waals surface area contributed by atoms with Crippen molar-refractivity contribution >= 4 is 5.97 Å². The number of benzene rings is 1. The van der Waals surface area contributed by atoms with E-state index in [1.807, 2.05) is 0 Å². The molecule has 0 unspecified atom stereocenters. The van der Waals surface area contributed by atoms with Crippen molar-refractivity contribution in [3.8, 4) is 11.1 Å². The Morgan fingerprint density at radius 3 is 2.61 bits per heavy atom. The standard InChI is InChI=1S/C14H12FNO2/c1-2-18-14(17)12-9-11(3-4-13(12)15)10-5-7-16-8-6-10/h3-9H,2H2,1H3. The second-order valence-corrected chi connectivity index (χ2v) is 3.65. The highest BCUT2D eigenvalue weighted by Gasteiger charge is 2.13. The lowest BCUT2D eigenvalue weighted by molar-refractivity contribution is 0.0521. The third-order valence-electron chi connectivity index (χ3n) is 2.48. The maximum absolute atomic E-state index is 13.5. The van der Waals surface area contributed by atoms with Crippen LogP contribution in [0.2, 0.25) is 0 Å². The number of halogens is 1. The summed E-state index contributed by atoms with van der Waals surface area (Å²) < 4.78 is 18.4. The molecular formula is C14H12FNO2. The van der Waals surface area contributed by atoms with E-state index in [1.54, 1.807) is 37.5 Å². The molecule has 0 radical (unpaired) electrons. The van der Waals surface area contributed by atoms with Crippen LogP contribution in [0.1, 0.15) is 17.3 Å². The first-order valence-corrected chi connectivity index (χ1v) is 5.59. The highest BCUT2D eigenvalue weighted by atomic mass is 19.1. The van der Waals surface area contributed by atoms with E-state index in [-0.39, 0.29) is 12.2 Å². The Balaban J connectivity index is 2.41. The van der Waals surface area contributed by atoms with Crippen molar-refractivity contribution in [3.05, 3.63) is 54.1 Å². The minimum atomic E-state index is -0.647. The van der Waals surface area contributed by atoms with Gasteiger partial charge >= 0.3 is 5.97 Å². The van der Waals surface area contributed by atoms with Crippen molar-refractivity contribution < 1.29 is 13.9 Å². The van der Waals surface area contributed by atoms with Crippen LogP contribution in [0.3, 0.4) is 0 Å². The zero-order valence-corrected chi connectivity index (χ0v) is 9.89. The summed E-state index contributed by atoms with van der Waals surface area (Å²) in [6, 6.07) is 7.96. The normalized spacial score (nSPS) is 10.1. The van der Waals surface area contributed by atoms with Gasteiger partial charge in [-0.1, -0.05) is 6.07 Å². The van der Waals surface area contributed by atoms with Gasteiger partial charge in [-0.05, 0) is 42.3 Å². The Bertz CT molecular complexity index is 555. The van der Waals surface area contributed by atoms with Crippen LogP contribution in [0.15, 0.2) is 42.7 Å². The zero-order chi connectivity index (χ0) is 13.0. The minimum Gasteiger partial charge on any atom is -0.462 e. The fourth-order valence-corrected chi connectivity index (χ4v) is 1.61. The maximum atomic E-state index is 13.5. The number of hydrogen-bond donors (Lipinski definition) is 0. The predicted molar refractivity (Wildman–Crippen MR) is 65.6 cm³/mol. The maximum Gasteiger partial charge on any atom is 0.341 e. The lowest BCUT2D eigenvalue weighted by Crippen LogP contribution is -2.07. The van der Waals surface area contributed by atoms with Crippen LogP contribution in [-0.2, 0) is 4.74 Å². The van der Waals surface area contributed by atoms with Crippen LogP contribution in [0.4, 0.5) is 4.39 Å². The van der Waals surface area contributed by atoms with Crippen LogP contribution >= 0.6 is 0 Å². The van der Waals surface area contributed by atoms with Crippen molar-refractivity contribution in [3.63, 3.8) is 0 Å². The molecule has 0 saturated heterocycles. The second kappa shape index (κ2) is 5.40. The van der Waals surface area contributed by atoms with Crippen molar-refractivity contribution in [1.82, 2.24) is 4.98 Å². The van der Waals surface area contributed by atoms with Gasteiger partial charge in [0.25, 0.3) is 0 Å². The molecule has 0 atom stereocenters. The van der Waals surface area contributed by atoms with E-state index >= 15 is 0 Å². The number of aromatic nitrogens is 1. The van der Waals surface area contributed by atoms with Crippen molar-refractivity contribution in [1.29, 1.82) is 0 Å². The first kappa shape index (κ1) is 12.2. The van der Waals surface area contributed by atoms with E-state index < -0.39 is 11.8 Å². The average Bonchev–Trinajstić information content (AvgIpc) is 2.40. The first-order valence-electron chi connectivity index (χ1n) is 5.59. The number of rotatable bonds is 3. The third kappa shape index (κ3) is 2.53. The van der Waals surface area contributed by atoms with Gasteiger partial charge in [0.15, 0.2) is 0 Å². The third-order valence-corrected chi connectivity index (χ3v) is 2.48. The number of esters is 1. The molecule has 2 rings (SSSR count). The van der Waals surface area contributed by atoms with Crippen molar-refractivity contribution in [2.75, 3.05) is 6.61 Å². The molecule has 0 saturated carbocycles. The topological polar surface area (TPSA) is 39.2 Å². The molecule has 1 heterocycles. The van der Waals surface area contributed by atoms with Gasteiger partial charge in [0, 0.05) is 12.4 Å². The zero-order valence-electron chi connectivity index (χ0n) is 9.89. The Morgan fingerprint density at radius 1 is 1.22 bits per heavy atom. The van der Waals surface area contributed by atoms with E-state index in [0.29, 0.717) is 0 Å². The average molecular weight is 245 g/mol. The first-order chi connectivity index (χ1) is 8.72. The van der Waals surface area contributed by atoms with Gasteiger partial charge in [-0.25, -0.2) is 9.18 Å². The van der Waals surface area contributed by atoms with Crippen LogP contribution in [0, 0.1) is 5.82 Å². The smallest absolute Gasteiger partial charge is 0.341 e. The molecule has 2 aromatic rings. The molecule has 0 N–H and O–H groups in total. The van der Waals surface area contributed by atoms with Crippen LogP contribution in [-0.4, -0.2) is 17.6 Å². The summed E-state index contributed by atoms with van der Waals surface area (Å²) in [6.45, 7) is 1.90. The number of hydrogen-bond acceptors (Lipinski definition) is 3. The summed E-state index contributed by atoms with van der Waals surface area (Å²) in [6.07, 6.45) is 3.28. The number of carbonyl (C=O) groups is 1. The van der Waals surface area contributed by atoms with E-state index in [0.717, 1.165) is 11.1 Å². The molecule has 3 nitrogen and oxygen atoms in total. The van der Waals surface area contributed by atoms with Crippen molar-refractivity contribution in [2.45, 2.75) is 6.92 Å². The molecule has 1 aromatic heterocycles. The van der Waals surface area contributed by atoms with Gasteiger partial charge in [0.05, 0.1) is 12.2 Å². The molecule has 0 aliphatic heterocycles. The van der Waals surface area contributed by atoms with Crippen molar-refractivity contribution in [2.24, 2.45) is 0 Å². The summed E-state index contributed by atoms with van der Waals surface area (Å²) in [7, 11) is 0. The second-order valence-electron chi connectivity index (χ2n) is 3.65. The predicted octanol–water partition coefficient (Wildman–Crippen LogP) is 3.06. The molecule has 0 aliphatic carbocycles. The molecular weight excluding hydrogens is 233 g/mol. The Morgan fingerprint density at radius 2 is 1.94 bits per heavy atom. The number of carbonyl (C=O) groups excluding carboxylic acids is 1. The highest BCUT2D eigenvalue weighted by Crippen LogP contribution is 2.21. The monoisotopic (exact) mass is 245 g/mol. The van der Waals surface area contributed by atoms with Crippen LogP contribution < -0.4 is 0 Å². The molecule has 0 aliphatic rings. The summed E-state index contributed by atoms with van der Waals surface area (Å²) in [5.74, 6) is -1.22. The molecule has 0 spiro atoms. The number of nitrogens with zero attached hydrogens (tertiary/aromatic N) is 1. The molecule has 0 fully saturated rings. The molecule has 0 bridgehead atoms. The minimum absolute atomic E-state index is 0.0498. The Hall–Kier alpha value is -2.23. The summed E-state index contributed by atoms with van der Waals surface area (Å²) in [5, 5.41) is 0. The molecule has 92 valence electrons. The fourth-order valence-electron chi connectivity index (χ4n) is 1.61. The lowest BCUT2D eigenvalue weighted by atomic mass is 10.0.